The summed E-state index contributed by atoms with van der Waals surface area (Å²) in [6.45, 7) is 7.72. The van der Waals surface area contributed by atoms with Crippen LogP contribution in [0.3, 0.4) is 0 Å². The number of carbonyl (C=O) groups is 1. The van der Waals surface area contributed by atoms with Crippen LogP contribution in [0, 0.1) is 0 Å². The van der Waals surface area contributed by atoms with Gasteiger partial charge in [0.05, 0.1) is 5.56 Å². The summed E-state index contributed by atoms with van der Waals surface area (Å²) in [7, 11) is 0. The van der Waals surface area contributed by atoms with Crippen LogP contribution in [0.1, 0.15) is 49.7 Å². The Bertz CT molecular complexity index is 508. The van der Waals surface area contributed by atoms with Gasteiger partial charge in [-0.05, 0) is 25.0 Å². The topological polar surface area (TPSA) is 79.5 Å². The van der Waals surface area contributed by atoms with E-state index in [-0.39, 0.29) is 11.5 Å². The molecule has 20 heavy (non-hydrogen) atoms. The lowest BCUT2D eigenvalue weighted by Gasteiger charge is -2.32. The fourth-order valence-corrected chi connectivity index (χ4v) is 2.40. The van der Waals surface area contributed by atoms with Crippen molar-refractivity contribution in [2.24, 2.45) is 5.73 Å². The lowest BCUT2D eigenvalue weighted by Crippen LogP contribution is -2.43. The van der Waals surface area contributed by atoms with Crippen molar-refractivity contribution in [3.63, 3.8) is 0 Å². The lowest BCUT2D eigenvalue weighted by molar-refractivity contribution is 0.0696. The molecule has 1 aromatic heterocycles. The van der Waals surface area contributed by atoms with Gasteiger partial charge in [-0.1, -0.05) is 20.8 Å². The van der Waals surface area contributed by atoms with E-state index in [9.17, 15) is 9.90 Å². The van der Waals surface area contributed by atoms with Crippen molar-refractivity contribution in [2.45, 2.75) is 45.1 Å². The van der Waals surface area contributed by atoms with E-state index in [1.807, 2.05) is 20.8 Å². The third kappa shape index (κ3) is 3.28. The molecular weight excluding hydrogens is 254 g/mol. The molecule has 1 atom stereocenters. The van der Waals surface area contributed by atoms with Crippen LogP contribution >= 0.6 is 0 Å². The van der Waals surface area contributed by atoms with Gasteiger partial charge in [-0.3, -0.25) is 0 Å². The Hall–Kier alpha value is -1.62. The molecule has 3 N–H and O–H groups in total. The van der Waals surface area contributed by atoms with Crippen LogP contribution in [-0.4, -0.2) is 35.2 Å². The molecule has 1 aromatic rings. The first-order valence-corrected chi connectivity index (χ1v) is 7.04. The molecule has 0 bridgehead atoms. The Morgan fingerprint density at radius 1 is 1.45 bits per heavy atom. The normalized spacial score (nSPS) is 20.0. The molecule has 0 saturated carbocycles. The van der Waals surface area contributed by atoms with Gasteiger partial charge in [-0.2, -0.15) is 0 Å². The van der Waals surface area contributed by atoms with E-state index in [1.54, 1.807) is 12.1 Å². The summed E-state index contributed by atoms with van der Waals surface area (Å²) in [6, 6.07) is 3.45. The zero-order chi connectivity index (χ0) is 14.9. The average molecular weight is 277 g/mol. The van der Waals surface area contributed by atoms with Crippen LogP contribution in [0.5, 0.6) is 0 Å². The van der Waals surface area contributed by atoms with Crippen LogP contribution in [0.4, 0.5) is 5.82 Å². The maximum absolute atomic E-state index is 11.3. The van der Waals surface area contributed by atoms with Gasteiger partial charge in [0.25, 0.3) is 0 Å². The largest absolute Gasteiger partial charge is 0.478 e. The highest BCUT2D eigenvalue weighted by atomic mass is 16.4. The summed E-state index contributed by atoms with van der Waals surface area (Å²) in [5, 5.41) is 9.28. The second-order valence-corrected chi connectivity index (χ2v) is 6.50. The number of pyridine rings is 1. The Morgan fingerprint density at radius 3 is 2.70 bits per heavy atom. The summed E-state index contributed by atoms with van der Waals surface area (Å²) in [5.41, 5.74) is 6.90. The number of piperidine rings is 1. The number of aromatic nitrogens is 1. The summed E-state index contributed by atoms with van der Waals surface area (Å²) >= 11 is 0. The van der Waals surface area contributed by atoms with Crippen molar-refractivity contribution >= 4 is 11.8 Å². The van der Waals surface area contributed by atoms with E-state index in [1.165, 1.54) is 0 Å². The predicted molar refractivity (Wildman–Crippen MR) is 79.3 cm³/mol. The van der Waals surface area contributed by atoms with Crippen LogP contribution < -0.4 is 10.6 Å². The quantitative estimate of drug-likeness (QED) is 0.864. The molecule has 1 saturated heterocycles. The minimum absolute atomic E-state index is 0.136. The molecule has 1 aliphatic rings. The summed E-state index contributed by atoms with van der Waals surface area (Å²) in [6.07, 6.45) is 2.03. The summed E-state index contributed by atoms with van der Waals surface area (Å²) in [4.78, 5) is 18.1. The third-order valence-corrected chi connectivity index (χ3v) is 3.61. The second kappa shape index (κ2) is 5.40. The molecule has 5 heteroatoms. The van der Waals surface area contributed by atoms with Crippen LogP contribution in [0.25, 0.3) is 0 Å². The Labute approximate surface area is 119 Å². The number of hydrogen-bond acceptors (Lipinski definition) is 4. The van der Waals surface area contributed by atoms with Crippen LogP contribution in [0.2, 0.25) is 0 Å². The highest BCUT2D eigenvalue weighted by molar-refractivity contribution is 5.88. The van der Waals surface area contributed by atoms with E-state index in [0.717, 1.165) is 37.4 Å². The van der Waals surface area contributed by atoms with Crippen LogP contribution in [-0.2, 0) is 5.41 Å². The van der Waals surface area contributed by atoms with Gasteiger partial charge in [0.15, 0.2) is 0 Å². The molecule has 0 radical (unpaired) electrons. The van der Waals surface area contributed by atoms with Gasteiger partial charge in [-0.15, -0.1) is 0 Å². The smallest absolute Gasteiger partial charge is 0.335 e. The highest BCUT2D eigenvalue weighted by Crippen LogP contribution is 2.26. The maximum atomic E-state index is 11.3. The first-order valence-electron chi connectivity index (χ1n) is 7.04. The highest BCUT2D eigenvalue weighted by Gasteiger charge is 2.23. The number of anilines is 1. The summed E-state index contributed by atoms with van der Waals surface area (Å²) in [5.74, 6) is -0.189. The van der Waals surface area contributed by atoms with Crippen molar-refractivity contribution in [1.29, 1.82) is 0 Å². The maximum Gasteiger partial charge on any atom is 0.335 e. The standard InChI is InChI=1S/C15H23N3O2/c1-15(2,3)12-7-10(14(19)20)8-13(17-12)18-6-4-5-11(16)9-18/h7-8,11H,4-6,9,16H2,1-3H3,(H,19,20). The van der Waals surface area contributed by atoms with E-state index < -0.39 is 5.97 Å². The number of nitrogens with two attached hydrogens (primary N) is 1. The SMILES string of the molecule is CC(C)(C)c1cc(C(=O)O)cc(N2CCCC(N)C2)n1. The second-order valence-electron chi connectivity index (χ2n) is 6.50. The molecule has 1 aliphatic heterocycles. The molecule has 0 aromatic carbocycles. The first kappa shape index (κ1) is 14.8. The van der Waals surface area contributed by atoms with E-state index in [2.05, 4.69) is 9.88 Å². The molecule has 0 amide bonds. The average Bonchev–Trinajstić information content (AvgIpc) is 2.37. The van der Waals surface area contributed by atoms with Crippen molar-refractivity contribution in [2.75, 3.05) is 18.0 Å². The van der Waals surface area contributed by atoms with Gasteiger partial charge in [0.2, 0.25) is 0 Å². The molecule has 5 nitrogen and oxygen atoms in total. The Kier molecular flexibility index (Phi) is 3.99. The summed E-state index contributed by atoms with van der Waals surface area (Å²) < 4.78 is 0. The lowest BCUT2D eigenvalue weighted by atomic mass is 9.90. The molecule has 2 rings (SSSR count). The first-order chi connectivity index (χ1) is 9.27. The van der Waals surface area contributed by atoms with Crippen molar-refractivity contribution in [3.8, 4) is 0 Å². The van der Waals surface area contributed by atoms with Gasteiger partial charge in [-0.25, -0.2) is 9.78 Å². The minimum atomic E-state index is -0.916. The van der Waals surface area contributed by atoms with Crippen molar-refractivity contribution in [3.05, 3.63) is 23.4 Å². The minimum Gasteiger partial charge on any atom is -0.478 e. The number of rotatable bonds is 2. The predicted octanol–water partition coefficient (Wildman–Crippen LogP) is 2.00. The zero-order valence-electron chi connectivity index (χ0n) is 12.4. The fraction of sp³-hybridized carbons (Fsp3) is 0.600. The molecule has 1 unspecified atom stereocenters. The monoisotopic (exact) mass is 277 g/mol. The Morgan fingerprint density at radius 2 is 2.15 bits per heavy atom. The van der Waals surface area contributed by atoms with Crippen molar-refractivity contribution < 1.29 is 9.90 Å². The molecule has 0 spiro atoms. The number of carboxylic acid groups (broad SMARTS) is 1. The fourth-order valence-electron chi connectivity index (χ4n) is 2.40. The van der Waals surface area contributed by atoms with E-state index in [4.69, 9.17) is 5.73 Å². The molecule has 1 fully saturated rings. The zero-order valence-corrected chi connectivity index (χ0v) is 12.4. The number of aromatic carboxylic acids is 1. The van der Waals surface area contributed by atoms with Gasteiger partial charge < -0.3 is 15.7 Å². The van der Waals surface area contributed by atoms with Gasteiger partial charge in [0, 0.05) is 30.2 Å². The number of hydrogen-bond donors (Lipinski definition) is 2. The number of nitrogens with zero attached hydrogens (tertiary/aromatic N) is 2. The molecule has 0 aliphatic carbocycles. The van der Waals surface area contributed by atoms with E-state index in [0.29, 0.717) is 5.56 Å². The third-order valence-electron chi connectivity index (χ3n) is 3.61. The van der Waals surface area contributed by atoms with Crippen LogP contribution in [0.15, 0.2) is 12.1 Å². The number of carboxylic acids is 1. The van der Waals surface area contributed by atoms with E-state index >= 15 is 0 Å². The van der Waals surface area contributed by atoms with Crippen molar-refractivity contribution in [1.82, 2.24) is 4.98 Å². The van der Waals surface area contributed by atoms with Gasteiger partial charge >= 0.3 is 5.97 Å². The van der Waals surface area contributed by atoms with Gasteiger partial charge in [0.1, 0.15) is 5.82 Å². The molecular formula is C15H23N3O2. The Balaban J connectivity index is 2.41. The molecule has 110 valence electrons. The molecule has 2 heterocycles.